The highest BCUT2D eigenvalue weighted by Gasteiger charge is 2.23. The Bertz CT molecular complexity index is 917. The third kappa shape index (κ3) is 4.36. The number of carboxylic acid groups (broad SMARTS) is 1. The van der Waals surface area contributed by atoms with Crippen LogP contribution in [0.1, 0.15) is 34.1 Å². The van der Waals surface area contributed by atoms with Crippen molar-refractivity contribution in [2.24, 2.45) is 11.7 Å². The maximum atomic E-state index is 11.2. The fourth-order valence-corrected chi connectivity index (χ4v) is 3.34. The lowest BCUT2D eigenvalue weighted by Gasteiger charge is -2.27. The van der Waals surface area contributed by atoms with E-state index in [1.165, 1.54) is 13.2 Å². The van der Waals surface area contributed by atoms with Gasteiger partial charge >= 0.3 is 6.09 Å². The summed E-state index contributed by atoms with van der Waals surface area (Å²) in [5.41, 5.74) is 7.93. The third-order valence-corrected chi connectivity index (χ3v) is 4.55. The fourth-order valence-electron chi connectivity index (χ4n) is 3.34. The van der Waals surface area contributed by atoms with Crippen molar-refractivity contribution in [2.45, 2.75) is 39.3 Å². The van der Waals surface area contributed by atoms with Crippen LogP contribution < -0.4 is 20.1 Å². The minimum Gasteiger partial charge on any atom is -0.492 e. The van der Waals surface area contributed by atoms with Gasteiger partial charge in [0.15, 0.2) is 0 Å². The largest absolute Gasteiger partial charge is 0.492 e. The number of ether oxygens (including phenoxy) is 2. The van der Waals surface area contributed by atoms with Crippen LogP contribution in [0.5, 0.6) is 11.5 Å². The summed E-state index contributed by atoms with van der Waals surface area (Å²) in [5.74, 6) is 1.86. The highest BCUT2D eigenvalue weighted by Crippen LogP contribution is 2.40. The number of hydrogen-bond acceptors (Lipinski definition) is 5. The predicted octanol–water partition coefficient (Wildman–Crippen LogP) is 3.90. The Hall–Kier alpha value is -2.80. The quantitative estimate of drug-likeness (QED) is 0.781. The van der Waals surface area contributed by atoms with Crippen molar-refractivity contribution in [2.75, 3.05) is 18.6 Å². The maximum Gasteiger partial charge on any atom is 0.412 e. The number of nitrogens with zero attached hydrogens (tertiary/aromatic N) is 2. The van der Waals surface area contributed by atoms with Gasteiger partial charge in [-0.25, -0.2) is 9.78 Å². The second kappa shape index (κ2) is 7.67. The molecule has 0 spiro atoms. The average Bonchev–Trinajstić information content (AvgIpc) is 2.64. The molecule has 7 heteroatoms. The summed E-state index contributed by atoms with van der Waals surface area (Å²) in [7, 11) is 1.42. The van der Waals surface area contributed by atoms with E-state index in [0.717, 1.165) is 22.4 Å². The summed E-state index contributed by atoms with van der Waals surface area (Å²) in [6, 6.07) is 7.07. The van der Waals surface area contributed by atoms with E-state index in [2.05, 4.69) is 18.8 Å². The number of carbonyl (C=O) groups is 1. The molecular formula is C21H27N3O4. The zero-order valence-electron chi connectivity index (χ0n) is 17.6. The second-order valence-corrected chi connectivity index (χ2v) is 7.91. The van der Waals surface area contributed by atoms with E-state index >= 15 is 0 Å². The second-order valence-electron chi connectivity index (χ2n) is 7.91. The van der Waals surface area contributed by atoms with Gasteiger partial charge in [-0.15, -0.1) is 0 Å². The highest BCUT2D eigenvalue weighted by molar-refractivity contribution is 5.86. The molecule has 0 aliphatic carbocycles. The molecule has 0 saturated heterocycles. The first-order chi connectivity index (χ1) is 13.6. The van der Waals surface area contributed by atoms with E-state index in [9.17, 15) is 9.90 Å². The van der Waals surface area contributed by atoms with Crippen molar-refractivity contribution in [3.05, 3.63) is 36.0 Å². The van der Waals surface area contributed by atoms with Gasteiger partial charge in [0.1, 0.15) is 30.5 Å². The molecule has 28 heavy (non-hydrogen) atoms. The monoisotopic (exact) mass is 386 g/mol. The SMILES string of the molecule is [2H]C1Oc2cc(OCC(C)(N)CC(C)C)ccc2-c2cc(N(C)C(=O)O)ncc21. The van der Waals surface area contributed by atoms with Crippen LogP contribution >= 0.6 is 0 Å². The summed E-state index contributed by atoms with van der Waals surface area (Å²) >= 11 is 0. The fraction of sp³-hybridized carbons (Fsp3) is 0.429. The Balaban J connectivity index is 1.88. The molecule has 3 N–H and O–H groups in total. The van der Waals surface area contributed by atoms with Gasteiger partial charge in [0.05, 0.1) is 1.37 Å². The molecule has 2 aromatic rings. The molecule has 2 atom stereocenters. The normalized spacial score (nSPS) is 17.6. The van der Waals surface area contributed by atoms with Crippen LogP contribution in [0.2, 0.25) is 0 Å². The van der Waals surface area contributed by atoms with Gasteiger partial charge in [0.25, 0.3) is 0 Å². The average molecular weight is 386 g/mol. The van der Waals surface area contributed by atoms with E-state index in [1.54, 1.807) is 12.1 Å². The smallest absolute Gasteiger partial charge is 0.412 e. The number of hydrogen-bond donors (Lipinski definition) is 2. The Morgan fingerprint density at radius 2 is 2.21 bits per heavy atom. The number of rotatable bonds is 6. The van der Waals surface area contributed by atoms with Crippen LogP contribution in [0.4, 0.5) is 10.6 Å². The zero-order valence-corrected chi connectivity index (χ0v) is 16.6. The van der Waals surface area contributed by atoms with Gasteiger partial charge in [0, 0.05) is 36.0 Å². The van der Waals surface area contributed by atoms with Crippen LogP contribution in [-0.2, 0) is 6.58 Å². The number of nitrogens with two attached hydrogens (primary N) is 1. The zero-order chi connectivity index (χ0) is 21.3. The van der Waals surface area contributed by atoms with Crippen molar-refractivity contribution in [1.29, 1.82) is 0 Å². The van der Waals surface area contributed by atoms with Gasteiger partial charge in [-0.1, -0.05) is 13.8 Å². The van der Waals surface area contributed by atoms with Gasteiger partial charge in [0.2, 0.25) is 0 Å². The molecule has 150 valence electrons. The topological polar surface area (TPSA) is 97.9 Å². The van der Waals surface area contributed by atoms with Gasteiger partial charge in [-0.05, 0) is 43.0 Å². The van der Waals surface area contributed by atoms with E-state index < -0.39 is 18.2 Å². The molecule has 0 radical (unpaired) electrons. The predicted molar refractivity (Wildman–Crippen MR) is 108 cm³/mol. The third-order valence-electron chi connectivity index (χ3n) is 4.55. The van der Waals surface area contributed by atoms with E-state index in [1.807, 2.05) is 19.1 Å². The maximum absolute atomic E-state index is 11.2. The number of benzene rings is 1. The molecule has 0 fully saturated rings. The van der Waals surface area contributed by atoms with Gasteiger partial charge in [-0.3, -0.25) is 4.90 Å². The van der Waals surface area contributed by atoms with E-state index in [4.69, 9.17) is 16.6 Å². The van der Waals surface area contributed by atoms with Crippen LogP contribution in [0, 0.1) is 5.92 Å². The molecule has 2 unspecified atom stereocenters. The minimum atomic E-state index is -1.11. The number of amides is 1. The van der Waals surface area contributed by atoms with E-state index in [-0.39, 0.29) is 5.82 Å². The van der Waals surface area contributed by atoms with Crippen LogP contribution in [0.25, 0.3) is 11.1 Å². The first kappa shape index (κ1) is 18.6. The lowest BCUT2D eigenvalue weighted by Crippen LogP contribution is -2.43. The Morgan fingerprint density at radius 1 is 1.46 bits per heavy atom. The molecule has 1 aliphatic rings. The van der Waals surface area contributed by atoms with Crippen LogP contribution in [0.3, 0.4) is 0 Å². The molecule has 3 rings (SSSR count). The van der Waals surface area contributed by atoms with Crippen LogP contribution in [0.15, 0.2) is 30.5 Å². The van der Waals surface area contributed by atoms with Crippen molar-refractivity contribution >= 4 is 11.9 Å². The Labute approximate surface area is 166 Å². The molecule has 1 aliphatic heterocycles. The lowest BCUT2D eigenvalue weighted by molar-refractivity contribution is 0.203. The molecule has 1 aromatic carbocycles. The van der Waals surface area contributed by atoms with Crippen molar-refractivity contribution in [3.63, 3.8) is 0 Å². The Morgan fingerprint density at radius 3 is 2.89 bits per heavy atom. The van der Waals surface area contributed by atoms with E-state index in [0.29, 0.717) is 29.6 Å². The summed E-state index contributed by atoms with van der Waals surface area (Å²) in [6.07, 6.45) is 1.21. The number of aromatic nitrogens is 1. The minimum absolute atomic E-state index is 0.282. The van der Waals surface area contributed by atoms with Crippen LogP contribution in [-0.4, -0.2) is 35.4 Å². The number of fused-ring (bicyclic) bond motifs is 3. The Kier molecular flexibility index (Phi) is 5.09. The molecule has 0 saturated carbocycles. The van der Waals surface area contributed by atoms with Crippen molar-refractivity contribution in [3.8, 4) is 22.6 Å². The van der Waals surface area contributed by atoms with Gasteiger partial charge in [-0.2, -0.15) is 0 Å². The molecule has 1 aromatic heterocycles. The molecule has 7 nitrogen and oxygen atoms in total. The van der Waals surface area contributed by atoms with Crippen molar-refractivity contribution in [1.82, 2.24) is 4.98 Å². The highest BCUT2D eigenvalue weighted by atomic mass is 16.5. The molecule has 0 bridgehead atoms. The summed E-state index contributed by atoms with van der Waals surface area (Å²) < 4.78 is 19.9. The lowest BCUT2D eigenvalue weighted by atomic mass is 9.93. The number of pyridine rings is 1. The standard InChI is InChI=1S/C21H27N3O4/c1-13(2)9-21(3,22)12-28-15-5-6-16-17-8-19(24(4)20(25)26)23-10-14(17)11-27-18(16)7-15/h5-8,10,13H,9,11-12,22H2,1-4H3,(H,25,26)/i11D. The molecule has 1 amide bonds. The van der Waals surface area contributed by atoms with Crippen molar-refractivity contribution < 1.29 is 20.7 Å². The first-order valence-corrected chi connectivity index (χ1v) is 9.19. The summed E-state index contributed by atoms with van der Waals surface area (Å²) in [5, 5.41) is 9.20. The molecular weight excluding hydrogens is 358 g/mol. The van der Waals surface area contributed by atoms with Gasteiger partial charge < -0.3 is 20.3 Å². The first-order valence-electron chi connectivity index (χ1n) is 9.77. The summed E-state index contributed by atoms with van der Waals surface area (Å²) in [4.78, 5) is 16.4. The number of anilines is 1. The summed E-state index contributed by atoms with van der Waals surface area (Å²) in [6.45, 7) is 5.61. The molecule has 2 heterocycles.